The molecule has 4 fully saturated rings. The highest BCUT2D eigenvalue weighted by Gasteiger charge is 2.67. The highest BCUT2D eigenvalue weighted by Crippen LogP contribution is 2.64. The van der Waals surface area contributed by atoms with Gasteiger partial charge in [0, 0.05) is 19.0 Å². The molecule has 2 bridgehead atoms. The summed E-state index contributed by atoms with van der Waals surface area (Å²) in [5.41, 5.74) is -2.56. The van der Waals surface area contributed by atoms with E-state index in [0.29, 0.717) is 35.4 Å². The van der Waals surface area contributed by atoms with Gasteiger partial charge < -0.3 is 40.0 Å². The van der Waals surface area contributed by atoms with Crippen LogP contribution in [0.3, 0.4) is 0 Å². The summed E-state index contributed by atoms with van der Waals surface area (Å²) < 4.78 is 65.3. The molecule has 300 valence electrons. The second kappa shape index (κ2) is 14.3. The molecule has 1 saturated heterocycles. The topological polar surface area (TPSA) is 154 Å². The number of amides is 3. The minimum Gasteiger partial charge on any atom is -0.497 e. The Morgan fingerprint density at radius 1 is 1.07 bits per heavy atom. The molecule has 0 radical (unpaired) electrons. The van der Waals surface area contributed by atoms with Gasteiger partial charge in [0.1, 0.15) is 29.1 Å². The SMILES string of the molecule is CC[C@H](NC(=O)[C@@H]1C[C@@](C)(NC(=O)Nc2cc(OC)ccc2OC)c2ncc(NCc3cccc(C(F)(F)F)c3)c(=O)n21)B1O[C@@H]2C3CC(C[C@]2(C)O1)C3(C)C. The Morgan fingerprint density at radius 2 is 1.84 bits per heavy atom. The molecule has 3 aromatic rings. The van der Waals surface area contributed by atoms with Crippen LogP contribution in [0.4, 0.5) is 29.3 Å². The van der Waals surface area contributed by atoms with E-state index >= 15 is 0 Å². The molecule has 17 heteroatoms. The molecule has 3 amide bonds. The van der Waals surface area contributed by atoms with E-state index in [4.69, 9.17) is 18.8 Å². The lowest BCUT2D eigenvalue weighted by atomic mass is 9.45. The van der Waals surface area contributed by atoms with E-state index in [1.54, 1.807) is 25.1 Å². The van der Waals surface area contributed by atoms with Gasteiger partial charge in [-0.1, -0.05) is 32.9 Å². The summed E-state index contributed by atoms with van der Waals surface area (Å²) in [5, 5.41) is 11.7. The van der Waals surface area contributed by atoms with E-state index in [2.05, 4.69) is 47.0 Å². The molecule has 2 aromatic carbocycles. The number of alkyl halides is 3. The maximum absolute atomic E-state index is 14.4. The summed E-state index contributed by atoms with van der Waals surface area (Å²) in [4.78, 5) is 46.8. The van der Waals surface area contributed by atoms with E-state index in [1.165, 1.54) is 37.1 Å². The Kier molecular flexibility index (Phi) is 10.1. The molecule has 3 heterocycles. The van der Waals surface area contributed by atoms with Crippen molar-refractivity contribution in [3.05, 3.63) is 76.0 Å². The average molecular weight is 781 g/mol. The zero-order valence-electron chi connectivity index (χ0n) is 32.5. The number of benzene rings is 2. The normalized spacial score (nSPS) is 27.6. The Bertz CT molecular complexity index is 2080. The number of nitrogens with one attached hydrogen (secondary N) is 4. The zero-order chi connectivity index (χ0) is 40.4. The molecule has 2 unspecified atom stereocenters. The zero-order valence-corrected chi connectivity index (χ0v) is 32.5. The molecule has 7 atom stereocenters. The van der Waals surface area contributed by atoms with Gasteiger partial charge in [-0.2, -0.15) is 13.2 Å². The standard InChI is InChI=1S/C39H48BF3N6O7/c1-8-30(40-55-31-25-15-23(36(25,2)3)17-38(31,5)56-40)47-32(50)28-18-37(4,48-35(52)46-26-16-24(53-6)12-13-29(26)54-7)34-45-20-27(33(51)49(28)34)44-19-21-10-9-11-22(14-21)39(41,42)43/h9-14,16,20,23,25,28,30-31,44H,8,15,17-19H2,1-7H3,(H,47,50)(H2,46,48,52)/t23?,25?,28-,30-,31+,37+,38-/m0/s1. The predicted molar refractivity (Wildman–Crippen MR) is 202 cm³/mol. The van der Waals surface area contributed by atoms with Crippen LogP contribution in [-0.4, -0.2) is 60.5 Å². The van der Waals surface area contributed by atoms with Gasteiger partial charge in [-0.05, 0) is 80.2 Å². The minimum atomic E-state index is -4.54. The van der Waals surface area contributed by atoms with Crippen molar-refractivity contribution in [2.24, 2.45) is 17.3 Å². The van der Waals surface area contributed by atoms with Crippen LogP contribution in [0.25, 0.3) is 0 Å². The van der Waals surface area contributed by atoms with Crippen LogP contribution in [0.15, 0.2) is 53.5 Å². The van der Waals surface area contributed by atoms with Crippen LogP contribution >= 0.6 is 0 Å². The monoisotopic (exact) mass is 780 g/mol. The van der Waals surface area contributed by atoms with Gasteiger partial charge in [-0.25, -0.2) is 9.78 Å². The third kappa shape index (κ3) is 6.97. The largest absolute Gasteiger partial charge is 0.497 e. The molecule has 8 rings (SSSR count). The summed E-state index contributed by atoms with van der Waals surface area (Å²) in [6.07, 6.45) is -1.03. The molecule has 5 aliphatic rings. The van der Waals surface area contributed by atoms with Crippen molar-refractivity contribution in [2.45, 2.75) is 102 Å². The first kappa shape index (κ1) is 39.5. The van der Waals surface area contributed by atoms with E-state index in [1.807, 2.05) is 6.92 Å². The number of methoxy groups -OCH3 is 2. The number of aromatic nitrogens is 2. The fraction of sp³-hybridized carbons (Fsp3) is 0.538. The maximum Gasteiger partial charge on any atom is 0.481 e. The van der Waals surface area contributed by atoms with Gasteiger partial charge in [0.15, 0.2) is 0 Å². The molecule has 0 spiro atoms. The predicted octanol–water partition coefficient (Wildman–Crippen LogP) is 6.04. The summed E-state index contributed by atoms with van der Waals surface area (Å²) in [7, 11) is 2.24. The number of rotatable bonds is 11. The van der Waals surface area contributed by atoms with Crippen LogP contribution in [0.2, 0.25) is 0 Å². The van der Waals surface area contributed by atoms with Gasteiger partial charge >= 0.3 is 19.3 Å². The number of hydrogen-bond acceptors (Lipinski definition) is 9. The molecule has 3 saturated carbocycles. The van der Waals surface area contributed by atoms with Crippen molar-refractivity contribution in [1.29, 1.82) is 0 Å². The van der Waals surface area contributed by atoms with Gasteiger partial charge in [0.25, 0.3) is 5.56 Å². The summed E-state index contributed by atoms with van der Waals surface area (Å²) in [6, 6.07) is 7.86. The van der Waals surface area contributed by atoms with Crippen LogP contribution < -0.4 is 36.3 Å². The number of urea groups is 1. The first-order valence-electron chi connectivity index (χ1n) is 18.9. The number of anilines is 2. The second-order valence-corrected chi connectivity index (χ2v) is 16.4. The van der Waals surface area contributed by atoms with Gasteiger partial charge in [-0.15, -0.1) is 0 Å². The molecule has 1 aromatic heterocycles. The molecule has 56 heavy (non-hydrogen) atoms. The minimum absolute atomic E-state index is 0.0353. The van der Waals surface area contributed by atoms with Crippen molar-refractivity contribution in [2.75, 3.05) is 24.9 Å². The third-order valence-corrected chi connectivity index (χ3v) is 12.4. The lowest BCUT2D eigenvalue weighted by Crippen LogP contribution is -2.63. The molecule has 3 aliphatic carbocycles. The van der Waals surface area contributed by atoms with Gasteiger partial charge in [0.05, 0.1) is 54.9 Å². The highest BCUT2D eigenvalue weighted by atomic mass is 19.4. The van der Waals surface area contributed by atoms with Gasteiger partial charge in [0.2, 0.25) is 5.91 Å². The Labute approximate surface area is 323 Å². The van der Waals surface area contributed by atoms with E-state index in [-0.39, 0.29) is 41.6 Å². The lowest BCUT2D eigenvalue weighted by molar-refractivity contribution is -0.185. The molecule has 2 aliphatic heterocycles. The molecular weight excluding hydrogens is 732 g/mol. The number of carbonyl (C=O) groups excluding carboxylic acids is 2. The number of carbonyl (C=O) groups is 2. The molecule has 13 nitrogen and oxygen atoms in total. The van der Waals surface area contributed by atoms with Crippen LogP contribution in [-0.2, 0) is 32.4 Å². The van der Waals surface area contributed by atoms with E-state index < -0.39 is 59.5 Å². The smallest absolute Gasteiger partial charge is 0.481 e. The quantitative estimate of drug-likeness (QED) is 0.171. The van der Waals surface area contributed by atoms with E-state index in [0.717, 1.165) is 25.0 Å². The van der Waals surface area contributed by atoms with Crippen molar-refractivity contribution in [1.82, 2.24) is 20.2 Å². The average Bonchev–Trinajstić information content (AvgIpc) is 3.67. The third-order valence-electron chi connectivity index (χ3n) is 12.4. The summed E-state index contributed by atoms with van der Waals surface area (Å²) in [6.45, 7) is 10.1. The number of nitrogens with zero attached hydrogens (tertiary/aromatic N) is 2. The van der Waals surface area contributed by atoms with Crippen molar-refractivity contribution in [3.63, 3.8) is 0 Å². The van der Waals surface area contributed by atoms with Crippen LogP contribution in [0.5, 0.6) is 11.5 Å². The fourth-order valence-electron chi connectivity index (χ4n) is 9.10. The lowest BCUT2D eigenvalue weighted by Gasteiger charge is -2.63. The van der Waals surface area contributed by atoms with Crippen LogP contribution in [0, 0.1) is 17.3 Å². The second-order valence-electron chi connectivity index (χ2n) is 16.4. The fourth-order valence-corrected chi connectivity index (χ4v) is 9.10. The maximum atomic E-state index is 14.4. The Hall–Kier alpha value is -4.77. The van der Waals surface area contributed by atoms with Crippen molar-refractivity contribution < 1.29 is 41.5 Å². The first-order chi connectivity index (χ1) is 26.4. The summed E-state index contributed by atoms with van der Waals surface area (Å²) in [5.74, 6) is 0.775. The highest BCUT2D eigenvalue weighted by molar-refractivity contribution is 6.47. The Balaban J connectivity index is 1.16. The van der Waals surface area contributed by atoms with Crippen LogP contribution in [0.1, 0.15) is 83.3 Å². The molecular formula is C39H48BF3N6O7. The van der Waals surface area contributed by atoms with Crippen molar-refractivity contribution in [3.8, 4) is 11.5 Å². The molecule has 4 N–H and O–H groups in total. The Morgan fingerprint density at radius 3 is 2.52 bits per heavy atom. The number of fused-ring (bicyclic) bond motifs is 1. The number of halogens is 3. The van der Waals surface area contributed by atoms with Gasteiger partial charge in [-0.3, -0.25) is 14.2 Å². The van der Waals surface area contributed by atoms with E-state index in [9.17, 15) is 27.6 Å². The van der Waals surface area contributed by atoms with Crippen molar-refractivity contribution >= 4 is 30.4 Å². The first-order valence-corrected chi connectivity index (χ1v) is 18.9. The number of hydrogen-bond donors (Lipinski definition) is 4. The summed E-state index contributed by atoms with van der Waals surface area (Å²) >= 11 is 0. The number of ether oxygens (including phenoxy) is 2.